The third-order valence-electron chi connectivity index (χ3n) is 1.77. The van der Waals surface area contributed by atoms with E-state index in [0.717, 1.165) is 0 Å². The summed E-state index contributed by atoms with van der Waals surface area (Å²) in [7, 11) is 0. The molecule has 2 aromatic heterocycles. The second kappa shape index (κ2) is 3.75. The van der Waals surface area contributed by atoms with Crippen LogP contribution < -0.4 is 0 Å². The van der Waals surface area contributed by atoms with Gasteiger partial charge in [0, 0.05) is 12.4 Å². The molecule has 0 radical (unpaired) electrons. The molecule has 1 N–H and O–H groups in total. The van der Waals surface area contributed by atoms with Gasteiger partial charge >= 0.3 is 6.18 Å². The molecule has 2 heterocycles. The number of aromatic nitrogens is 4. The predicted octanol–water partition coefficient (Wildman–Crippen LogP) is 2.54. The van der Waals surface area contributed by atoms with E-state index >= 15 is 0 Å². The Balaban J connectivity index is 2.35. The van der Waals surface area contributed by atoms with Crippen LogP contribution in [0.25, 0.3) is 11.4 Å². The van der Waals surface area contributed by atoms with Crippen LogP contribution in [0, 0.1) is 0 Å². The van der Waals surface area contributed by atoms with Crippen LogP contribution in [-0.4, -0.2) is 19.9 Å². The minimum Gasteiger partial charge on any atom is -0.334 e. The Hall–Kier alpha value is -1.63. The SMILES string of the molecule is FC(F)(F)c1cnc(-c2cnc(Cl)nc2)[nH]1. The third kappa shape index (κ3) is 2.13. The summed E-state index contributed by atoms with van der Waals surface area (Å²) in [4.78, 5) is 13.0. The summed E-state index contributed by atoms with van der Waals surface area (Å²) in [6.07, 6.45) is -1.16. The maximum absolute atomic E-state index is 12.3. The molecule has 0 aliphatic rings. The van der Waals surface area contributed by atoms with Gasteiger partial charge in [0.2, 0.25) is 5.28 Å². The van der Waals surface area contributed by atoms with Crippen molar-refractivity contribution in [3.05, 3.63) is 29.6 Å². The van der Waals surface area contributed by atoms with Crippen molar-refractivity contribution in [1.82, 2.24) is 19.9 Å². The van der Waals surface area contributed by atoms with Gasteiger partial charge in [-0.1, -0.05) is 0 Å². The van der Waals surface area contributed by atoms with Gasteiger partial charge in [0.25, 0.3) is 0 Å². The van der Waals surface area contributed by atoms with Crippen LogP contribution in [0.15, 0.2) is 18.6 Å². The predicted molar refractivity (Wildman–Crippen MR) is 49.6 cm³/mol. The highest BCUT2D eigenvalue weighted by Gasteiger charge is 2.33. The number of alkyl halides is 3. The summed E-state index contributed by atoms with van der Waals surface area (Å²) in [6.45, 7) is 0. The minimum absolute atomic E-state index is 0.0198. The summed E-state index contributed by atoms with van der Waals surface area (Å²) in [5.74, 6) is 0.0454. The van der Waals surface area contributed by atoms with Crippen molar-refractivity contribution >= 4 is 11.6 Å². The Morgan fingerprint density at radius 3 is 2.19 bits per heavy atom. The minimum atomic E-state index is -4.45. The Bertz CT molecular complexity index is 491. The summed E-state index contributed by atoms with van der Waals surface area (Å²) in [5, 5.41) is 0.0198. The largest absolute Gasteiger partial charge is 0.432 e. The van der Waals surface area contributed by atoms with E-state index in [0.29, 0.717) is 11.8 Å². The van der Waals surface area contributed by atoms with Gasteiger partial charge in [0.15, 0.2) is 0 Å². The van der Waals surface area contributed by atoms with E-state index in [2.05, 4.69) is 19.9 Å². The first-order chi connectivity index (χ1) is 7.47. The van der Waals surface area contributed by atoms with Crippen LogP contribution in [0.3, 0.4) is 0 Å². The summed E-state index contributed by atoms with van der Waals surface area (Å²) in [5.41, 5.74) is -0.586. The molecular formula is C8H4ClF3N4. The Morgan fingerprint density at radius 1 is 1.06 bits per heavy atom. The number of aromatic amines is 1. The molecule has 16 heavy (non-hydrogen) atoms. The second-order valence-corrected chi connectivity index (χ2v) is 3.22. The number of H-pyrrole nitrogens is 1. The van der Waals surface area contributed by atoms with Crippen molar-refractivity contribution in [2.24, 2.45) is 0 Å². The van der Waals surface area contributed by atoms with Gasteiger partial charge in [-0.25, -0.2) is 15.0 Å². The molecule has 0 unspecified atom stereocenters. The van der Waals surface area contributed by atoms with Crippen LogP contribution in [-0.2, 0) is 6.18 Å². The van der Waals surface area contributed by atoms with Gasteiger partial charge in [0.05, 0.1) is 11.8 Å². The van der Waals surface area contributed by atoms with Crippen molar-refractivity contribution in [3.63, 3.8) is 0 Å². The average molecular weight is 249 g/mol. The molecule has 0 saturated heterocycles. The van der Waals surface area contributed by atoms with E-state index < -0.39 is 11.9 Å². The molecule has 0 aliphatic carbocycles. The summed E-state index contributed by atoms with van der Waals surface area (Å²) >= 11 is 5.44. The van der Waals surface area contributed by atoms with Gasteiger partial charge in [-0.3, -0.25) is 0 Å². The molecule has 2 aromatic rings. The van der Waals surface area contributed by atoms with Crippen LogP contribution in [0.4, 0.5) is 13.2 Å². The van der Waals surface area contributed by atoms with E-state index in [9.17, 15) is 13.2 Å². The molecule has 0 aliphatic heterocycles. The number of imidazole rings is 1. The molecule has 0 bridgehead atoms. The number of rotatable bonds is 1. The zero-order valence-electron chi connectivity index (χ0n) is 7.59. The molecular weight excluding hydrogens is 245 g/mol. The van der Waals surface area contributed by atoms with Crippen molar-refractivity contribution in [2.45, 2.75) is 6.18 Å². The molecule has 4 nitrogen and oxygen atoms in total. The van der Waals surface area contributed by atoms with E-state index in [-0.39, 0.29) is 11.1 Å². The highest BCUT2D eigenvalue weighted by Crippen LogP contribution is 2.29. The lowest BCUT2D eigenvalue weighted by Gasteiger charge is -2.01. The first-order valence-corrected chi connectivity index (χ1v) is 4.45. The summed E-state index contributed by atoms with van der Waals surface area (Å²) < 4.78 is 36.8. The van der Waals surface area contributed by atoms with E-state index in [4.69, 9.17) is 11.6 Å². The van der Waals surface area contributed by atoms with Crippen LogP contribution in [0.2, 0.25) is 5.28 Å². The molecule has 2 rings (SSSR count). The lowest BCUT2D eigenvalue weighted by Crippen LogP contribution is -2.04. The van der Waals surface area contributed by atoms with Gasteiger partial charge in [0.1, 0.15) is 11.5 Å². The number of nitrogens with zero attached hydrogens (tertiary/aromatic N) is 3. The van der Waals surface area contributed by atoms with Crippen LogP contribution >= 0.6 is 11.6 Å². The van der Waals surface area contributed by atoms with Gasteiger partial charge < -0.3 is 4.98 Å². The zero-order valence-corrected chi connectivity index (χ0v) is 8.34. The number of halogens is 4. The lowest BCUT2D eigenvalue weighted by atomic mass is 10.3. The molecule has 0 atom stereocenters. The van der Waals surface area contributed by atoms with Crippen molar-refractivity contribution in [3.8, 4) is 11.4 Å². The molecule has 0 spiro atoms. The van der Waals surface area contributed by atoms with Gasteiger partial charge in [-0.05, 0) is 11.6 Å². The Kier molecular flexibility index (Phi) is 2.55. The van der Waals surface area contributed by atoms with E-state index in [1.54, 1.807) is 0 Å². The highest BCUT2D eigenvalue weighted by atomic mass is 35.5. The van der Waals surface area contributed by atoms with Crippen molar-refractivity contribution in [1.29, 1.82) is 0 Å². The quantitative estimate of drug-likeness (QED) is 0.789. The fourth-order valence-electron chi connectivity index (χ4n) is 1.05. The normalized spacial score (nSPS) is 11.8. The maximum Gasteiger partial charge on any atom is 0.432 e. The monoisotopic (exact) mass is 248 g/mol. The topological polar surface area (TPSA) is 54.5 Å². The number of hydrogen-bond donors (Lipinski definition) is 1. The Labute approximate surface area is 92.5 Å². The fraction of sp³-hybridized carbons (Fsp3) is 0.125. The average Bonchev–Trinajstić information content (AvgIpc) is 2.67. The molecule has 0 aromatic carbocycles. The highest BCUT2D eigenvalue weighted by molar-refractivity contribution is 6.28. The second-order valence-electron chi connectivity index (χ2n) is 2.88. The summed E-state index contributed by atoms with van der Waals surface area (Å²) in [6, 6.07) is 0. The maximum atomic E-state index is 12.3. The first-order valence-electron chi connectivity index (χ1n) is 4.07. The third-order valence-corrected chi connectivity index (χ3v) is 1.97. The molecule has 0 fully saturated rings. The zero-order chi connectivity index (χ0) is 11.8. The lowest BCUT2D eigenvalue weighted by molar-refractivity contribution is -0.140. The van der Waals surface area contributed by atoms with Crippen molar-refractivity contribution < 1.29 is 13.2 Å². The van der Waals surface area contributed by atoms with E-state index in [1.165, 1.54) is 12.4 Å². The number of nitrogens with one attached hydrogen (secondary N) is 1. The number of hydrogen-bond acceptors (Lipinski definition) is 3. The van der Waals surface area contributed by atoms with Gasteiger partial charge in [-0.15, -0.1) is 0 Å². The van der Waals surface area contributed by atoms with Crippen molar-refractivity contribution in [2.75, 3.05) is 0 Å². The molecule has 8 heteroatoms. The van der Waals surface area contributed by atoms with E-state index in [1.807, 2.05) is 0 Å². The molecule has 0 amide bonds. The van der Waals surface area contributed by atoms with Crippen LogP contribution in [0.5, 0.6) is 0 Å². The molecule has 84 valence electrons. The fourth-order valence-corrected chi connectivity index (χ4v) is 1.14. The molecule has 0 saturated carbocycles. The Morgan fingerprint density at radius 2 is 1.69 bits per heavy atom. The van der Waals surface area contributed by atoms with Gasteiger partial charge in [-0.2, -0.15) is 13.2 Å². The smallest absolute Gasteiger partial charge is 0.334 e. The first kappa shape index (κ1) is 10.9. The standard InChI is InChI=1S/C8H4ClF3N4/c9-7-14-1-4(2-15-7)6-13-3-5(16-6)8(10,11)12/h1-3H,(H,13,16). The van der Waals surface area contributed by atoms with Crippen LogP contribution in [0.1, 0.15) is 5.69 Å².